The van der Waals surface area contributed by atoms with E-state index < -0.39 is 17.2 Å². The van der Waals surface area contributed by atoms with E-state index in [0.29, 0.717) is 5.06 Å². The molecule has 6 nitrogen and oxygen atoms in total. The predicted molar refractivity (Wildman–Crippen MR) is 60.1 cm³/mol. The molecule has 0 bridgehead atoms. The molecule has 2 amide bonds. The molecule has 18 heavy (non-hydrogen) atoms. The molecule has 0 aliphatic carbocycles. The van der Waals surface area contributed by atoms with E-state index in [1.807, 2.05) is 0 Å². The molecule has 1 aromatic carbocycles. The maximum Gasteiger partial charge on any atom is 0.403 e. The number of carbonyl (C=O) groups is 3. The van der Waals surface area contributed by atoms with Gasteiger partial charge in [-0.25, -0.2) is 4.79 Å². The van der Waals surface area contributed by atoms with Crippen LogP contribution >= 0.6 is 11.6 Å². The largest absolute Gasteiger partial charge is 0.451 e. The Morgan fingerprint density at radius 3 is 2.17 bits per heavy atom. The lowest BCUT2D eigenvalue weighted by Gasteiger charge is -2.12. The molecule has 2 rings (SSSR count). The van der Waals surface area contributed by atoms with Crippen molar-refractivity contribution in [2.45, 2.75) is 0 Å². The maximum absolute atomic E-state index is 11.8. The molecule has 1 aliphatic rings. The van der Waals surface area contributed by atoms with Crippen molar-refractivity contribution in [1.29, 1.82) is 0 Å². The number of halogens is 1. The maximum atomic E-state index is 11.8. The van der Waals surface area contributed by atoms with Gasteiger partial charge in [-0.3, -0.25) is 14.4 Å². The topological polar surface area (TPSA) is 72.9 Å². The highest BCUT2D eigenvalue weighted by molar-refractivity contribution is 6.61. The second kappa shape index (κ2) is 5.16. The summed E-state index contributed by atoms with van der Waals surface area (Å²) in [6.07, 6.45) is 0. The molecule has 0 fully saturated rings. The molecule has 7 heteroatoms. The second-order valence-electron chi connectivity index (χ2n) is 3.37. The van der Waals surface area contributed by atoms with Gasteiger partial charge in [-0.2, -0.15) is 0 Å². The van der Waals surface area contributed by atoms with Gasteiger partial charge in [-0.1, -0.05) is 12.1 Å². The summed E-state index contributed by atoms with van der Waals surface area (Å²) < 4.78 is 4.40. The Bertz CT molecular complexity index is 481. The molecule has 1 aromatic rings. The standard InChI is InChI=1S/C11H8ClNO5/c12-11(16)17-5-6-18-13-9(14)7-3-1-2-4-8(7)10(13)15/h1-4H,5-6H2. The Kier molecular flexibility index (Phi) is 3.59. The Morgan fingerprint density at radius 1 is 1.11 bits per heavy atom. The first-order valence-corrected chi connectivity index (χ1v) is 5.42. The van der Waals surface area contributed by atoms with Crippen LogP contribution < -0.4 is 0 Å². The third-order valence-corrected chi connectivity index (χ3v) is 2.39. The first-order valence-electron chi connectivity index (χ1n) is 5.04. The van der Waals surface area contributed by atoms with Crippen LogP contribution in [0.4, 0.5) is 4.79 Å². The molecule has 0 spiro atoms. The highest BCUT2D eigenvalue weighted by Crippen LogP contribution is 2.22. The van der Waals surface area contributed by atoms with Crippen molar-refractivity contribution in [3.63, 3.8) is 0 Å². The molecule has 0 radical (unpaired) electrons. The molecule has 0 saturated heterocycles. The van der Waals surface area contributed by atoms with E-state index in [9.17, 15) is 14.4 Å². The average molecular weight is 270 g/mol. The van der Waals surface area contributed by atoms with Gasteiger partial charge in [-0.05, 0) is 12.1 Å². The van der Waals surface area contributed by atoms with Gasteiger partial charge in [0.05, 0.1) is 11.1 Å². The Labute approximate surface area is 107 Å². The lowest BCUT2D eigenvalue weighted by atomic mass is 10.1. The number of fused-ring (bicyclic) bond motifs is 1. The van der Waals surface area contributed by atoms with E-state index in [4.69, 9.17) is 16.4 Å². The first-order chi connectivity index (χ1) is 8.61. The van der Waals surface area contributed by atoms with E-state index in [-0.39, 0.29) is 24.3 Å². The fraction of sp³-hybridized carbons (Fsp3) is 0.182. The number of benzene rings is 1. The van der Waals surface area contributed by atoms with Crippen LogP contribution in [0.25, 0.3) is 0 Å². The van der Waals surface area contributed by atoms with Gasteiger partial charge in [0.2, 0.25) is 0 Å². The number of nitrogens with zero attached hydrogens (tertiary/aromatic N) is 1. The molecular weight excluding hydrogens is 262 g/mol. The SMILES string of the molecule is O=C(Cl)OCCON1C(=O)c2ccccc2C1=O. The van der Waals surface area contributed by atoms with E-state index in [1.54, 1.807) is 12.1 Å². The van der Waals surface area contributed by atoms with Crippen molar-refractivity contribution in [1.82, 2.24) is 5.06 Å². The van der Waals surface area contributed by atoms with Gasteiger partial charge < -0.3 is 4.74 Å². The monoisotopic (exact) mass is 269 g/mol. The molecular formula is C11H8ClNO5. The van der Waals surface area contributed by atoms with Gasteiger partial charge in [0.1, 0.15) is 13.2 Å². The third kappa shape index (κ3) is 2.34. The van der Waals surface area contributed by atoms with Crippen molar-refractivity contribution in [2.75, 3.05) is 13.2 Å². The normalized spacial score (nSPS) is 13.7. The highest BCUT2D eigenvalue weighted by atomic mass is 35.5. The highest BCUT2D eigenvalue weighted by Gasteiger charge is 2.36. The summed E-state index contributed by atoms with van der Waals surface area (Å²) >= 11 is 4.94. The third-order valence-electron chi connectivity index (χ3n) is 2.28. The van der Waals surface area contributed by atoms with Crippen molar-refractivity contribution >= 4 is 28.8 Å². The smallest absolute Gasteiger partial charge is 0.403 e. The van der Waals surface area contributed by atoms with E-state index in [1.165, 1.54) is 12.1 Å². The minimum atomic E-state index is -0.971. The zero-order chi connectivity index (χ0) is 13.1. The summed E-state index contributed by atoms with van der Waals surface area (Å²) in [6.45, 7) is -0.278. The molecule has 0 N–H and O–H groups in total. The molecule has 0 unspecified atom stereocenters. The number of imide groups is 1. The van der Waals surface area contributed by atoms with Crippen molar-refractivity contribution < 1.29 is 24.0 Å². The average Bonchev–Trinajstić information content (AvgIpc) is 2.59. The van der Waals surface area contributed by atoms with Crippen LogP contribution in [0.5, 0.6) is 0 Å². The van der Waals surface area contributed by atoms with Crippen molar-refractivity contribution in [3.8, 4) is 0 Å². The van der Waals surface area contributed by atoms with Gasteiger partial charge in [0.15, 0.2) is 0 Å². The minimum absolute atomic E-state index is 0.135. The molecule has 1 heterocycles. The van der Waals surface area contributed by atoms with E-state index in [2.05, 4.69) is 4.74 Å². The summed E-state index contributed by atoms with van der Waals surface area (Å²) in [5.41, 5.74) is -0.394. The number of amides is 2. The molecule has 0 saturated carbocycles. The second-order valence-corrected chi connectivity index (χ2v) is 3.68. The van der Waals surface area contributed by atoms with Gasteiger partial charge >= 0.3 is 5.43 Å². The van der Waals surface area contributed by atoms with E-state index in [0.717, 1.165) is 0 Å². The number of hydrogen-bond donors (Lipinski definition) is 0. The summed E-state index contributed by atoms with van der Waals surface area (Å²) in [6, 6.07) is 6.39. The van der Waals surface area contributed by atoms with Crippen LogP contribution in [0, 0.1) is 0 Å². The lowest BCUT2D eigenvalue weighted by molar-refractivity contribution is -0.0992. The molecule has 0 aromatic heterocycles. The van der Waals surface area contributed by atoms with Gasteiger partial charge in [-0.15, -0.1) is 5.06 Å². The Balaban J connectivity index is 1.99. The predicted octanol–water partition coefficient (Wildman–Crippen LogP) is 1.59. The zero-order valence-electron chi connectivity index (χ0n) is 9.09. The number of carbonyl (C=O) groups excluding carboxylic acids is 3. The quantitative estimate of drug-likeness (QED) is 0.471. The zero-order valence-corrected chi connectivity index (χ0v) is 9.85. The van der Waals surface area contributed by atoms with Crippen molar-refractivity contribution in [3.05, 3.63) is 35.4 Å². The summed E-state index contributed by atoms with van der Waals surface area (Å²) in [5.74, 6) is -1.07. The van der Waals surface area contributed by atoms with Crippen LogP contribution in [-0.4, -0.2) is 35.5 Å². The Morgan fingerprint density at radius 2 is 1.67 bits per heavy atom. The Hall–Kier alpha value is -1.92. The summed E-state index contributed by atoms with van der Waals surface area (Å²) in [5, 5.41) is 0.646. The fourth-order valence-corrected chi connectivity index (χ4v) is 1.61. The molecule has 0 atom stereocenters. The van der Waals surface area contributed by atoms with Crippen LogP contribution in [0.15, 0.2) is 24.3 Å². The number of rotatable bonds is 4. The van der Waals surface area contributed by atoms with Crippen LogP contribution in [0.1, 0.15) is 20.7 Å². The minimum Gasteiger partial charge on any atom is -0.451 e. The van der Waals surface area contributed by atoms with Gasteiger partial charge in [0.25, 0.3) is 11.8 Å². The molecule has 1 aliphatic heterocycles. The van der Waals surface area contributed by atoms with Crippen LogP contribution in [-0.2, 0) is 9.57 Å². The number of hydroxylamine groups is 2. The van der Waals surface area contributed by atoms with Crippen molar-refractivity contribution in [2.24, 2.45) is 0 Å². The van der Waals surface area contributed by atoms with Gasteiger partial charge in [0, 0.05) is 11.6 Å². The summed E-state index contributed by atoms with van der Waals surface area (Å²) in [4.78, 5) is 38.8. The van der Waals surface area contributed by atoms with E-state index >= 15 is 0 Å². The molecule has 94 valence electrons. The van der Waals surface area contributed by atoms with Crippen LogP contribution in [0.2, 0.25) is 0 Å². The number of ether oxygens (including phenoxy) is 1. The number of hydrogen-bond acceptors (Lipinski definition) is 5. The summed E-state index contributed by atoms with van der Waals surface area (Å²) in [7, 11) is 0. The fourth-order valence-electron chi connectivity index (χ4n) is 1.53. The lowest BCUT2D eigenvalue weighted by Crippen LogP contribution is -2.31. The first kappa shape index (κ1) is 12.5. The van der Waals surface area contributed by atoms with Crippen LogP contribution in [0.3, 0.4) is 0 Å².